The number of nitrogens with zero attached hydrogens (tertiary/aromatic N) is 2. The van der Waals surface area contributed by atoms with E-state index in [1.807, 2.05) is 0 Å². The number of amides is 4. The maximum Gasteiger partial charge on any atom is 0.319 e. The van der Waals surface area contributed by atoms with Gasteiger partial charge in [0.1, 0.15) is 5.82 Å². The molecule has 1 aromatic carbocycles. The van der Waals surface area contributed by atoms with Crippen LogP contribution in [0.1, 0.15) is 48.9 Å². The van der Waals surface area contributed by atoms with Crippen LogP contribution in [-0.4, -0.2) is 66.9 Å². The Balaban J connectivity index is 1.59. The number of carbonyl (C=O) groups excluding carboxylic acids is 3. The van der Waals surface area contributed by atoms with Gasteiger partial charge in [0.15, 0.2) is 0 Å². The van der Waals surface area contributed by atoms with Crippen LogP contribution in [-0.2, 0) is 4.79 Å². The minimum absolute atomic E-state index is 0.0563. The van der Waals surface area contributed by atoms with Crippen LogP contribution < -0.4 is 10.6 Å². The first-order valence-electron chi connectivity index (χ1n) is 10.7. The van der Waals surface area contributed by atoms with Gasteiger partial charge in [0, 0.05) is 44.8 Å². The lowest BCUT2D eigenvalue weighted by Crippen LogP contribution is -2.56. The van der Waals surface area contributed by atoms with E-state index < -0.39 is 0 Å². The molecule has 164 valence electrons. The van der Waals surface area contributed by atoms with E-state index in [-0.39, 0.29) is 41.7 Å². The highest BCUT2D eigenvalue weighted by Gasteiger charge is 2.33. The van der Waals surface area contributed by atoms with E-state index in [1.54, 1.807) is 19.0 Å². The number of hydrogen-bond donors (Lipinski definition) is 2. The molecule has 2 aliphatic rings. The summed E-state index contributed by atoms with van der Waals surface area (Å²) in [5.74, 6) is -0.942. The van der Waals surface area contributed by atoms with E-state index >= 15 is 0 Å². The molecule has 30 heavy (non-hydrogen) atoms. The van der Waals surface area contributed by atoms with Gasteiger partial charge in [-0.3, -0.25) is 9.59 Å². The Labute approximate surface area is 177 Å². The van der Waals surface area contributed by atoms with Gasteiger partial charge in [-0.15, -0.1) is 0 Å². The number of hydrogen-bond acceptors (Lipinski definition) is 3. The lowest BCUT2D eigenvalue weighted by atomic mass is 9.89. The number of halogens is 1. The lowest BCUT2D eigenvalue weighted by Gasteiger charge is -2.37. The molecule has 0 radical (unpaired) electrons. The molecular formula is C22H31FN4O3. The molecule has 1 aliphatic heterocycles. The van der Waals surface area contributed by atoms with Gasteiger partial charge in [-0.05, 0) is 49.9 Å². The quantitative estimate of drug-likeness (QED) is 0.788. The second kappa shape index (κ2) is 9.91. The number of piperidine rings is 1. The average molecular weight is 419 g/mol. The van der Waals surface area contributed by atoms with Gasteiger partial charge in [0.2, 0.25) is 5.91 Å². The molecule has 8 heteroatoms. The molecule has 1 unspecified atom stereocenters. The zero-order chi connectivity index (χ0) is 21.7. The first kappa shape index (κ1) is 22.1. The molecule has 2 N–H and O–H groups in total. The molecule has 1 saturated heterocycles. The van der Waals surface area contributed by atoms with E-state index in [9.17, 15) is 18.8 Å². The van der Waals surface area contributed by atoms with Crippen LogP contribution in [0.5, 0.6) is 0 Å². The Bertz CT molecular complexity index is 768. The Morgan fingerprint density at radius 1 is 0.967 bits per heavy atom. The molecule has 7 nitrogen and oxygen atoms in total. The van der Waals surface area contributed by atoms with Crippen molar-refractivity contribution in [2.45, 2.75) is 50.6 Å². The second-order valence-electron chi connectivity index (χ2n) is 8.45. The van der Waals surface area contributed by atoms with Gasteiger partial charge in [0.05, 0.1) is 5.92 Å². The summed E-state index contributed by atoms with van der Waals surface area (Å²) in [6.07, 6.45) is 5.11. The van der Waals surface area contributed by atoms with Gasteiger partial charge < -0.3 is 20.4 Å². The molecule has 3 rings (SSSR count). The Kier molecular flexibility index (Phi) is 7.29. The third-order valence-corrected chi connectivity index (χ3v) is 5.96. The molecule has 1 saturated carbocycles. The topological polar surface area (TPSA) is 81.8 Å². The van der Waals surface area contributed by atoms with E-state index in [2.05, 4.69) is 10.6 Å². The molecule has 0 aromatic heterocycles. The number of likely N-dealkylation sites (tertiary alicyclic amines) is 1. The third kappa shape index (κ3) is 5.49. The molecule has 1 aromatic rings. The molecule has 3 atom stereocenters. The fraction of sp³-hybridized carbons (Fsp3) is 0.591. The van der Waals surface area contributed by atoms with Crippen molar-refractivity contribution in [3.05, 3.63) is 35.6 Å². The second-order valence-corrected chi connectivity index (χ2v) is 8.45. The molecule has 1 aliphatic carbocycles. The monoisotopic (exact) mass is 418 g/mol. The minimum Gasteiger partial charge on any atom is -0.351 e. The van der Waals surface area contributed by atoms with Crippen molar-refractivity contribution in [1.29, 1.82) is 0 Å². The van der Waals surface area contributed by atoms with Crippen molar-refractivity contribution in [1.82, 2.24) is 20.4 Å². The third-order valence-electron chi connectivity index (χ3n) is 5.96. The average Bonchev–Trinajstić information content (AvgIpc) is 2.75. The van der Waals surface area contributed by atoms with Crippen LogP contribution in [0.25, 0.3) is 0 Å². The molecule has 2 fully saturated rings. The Hall–Kier alpha value is -2.64. The molecule has 1 heterocycles. The smallest absolute Gasteiger partial charge is 0.319 e. The SMILES string of the molecule is CN(C)C(=O)N1CCCC(C(=O)N[C@@H]2CCCC[C@H]2NC(=O)c2ccc(F)cc2)C1. The van der Waals surface area contributed by atoms with Crippen LogP contribution in [0, 0.1) is 11.7 Å². The van der Waals surface area contributed by atoms with Gasteiger partial charge >= 0.3 is 6.03 Å². The van der Waals surface area contributed by atoms with Crippen LogP contribution in [0.3, 0.4) is 0 Å². The summed E-state index contributed by atoms with van der Waals surface area (Å²) in [4.78, 5) is 41.0. The molecule has 4 amide bonds. The highest BCUT2D eigenvalue weighted by molar-refractivity contribution is 5.94. The van der Waals surface area contributed by atoms with Gasteiger partial charge in [-0.2, -0.15) is 0 Å². The van der Waals surface area contributed by atoms with Gasteiger partial charge in [-0.1, -0.05) is 12.8 Å². The van der Waals surface area contributed by atoms with Crippen LogP contribution in [0.4, 0.5) is 9.18 Å². The summed E-state index contributed by atoms with van der Waals surface area (Å²) in [6.45, 7) is 1.09. The van der Waals surface area contributed by atoms with Crippen molar-refractivity contribution in [3.63, 3.8) is 0 Å². The Morgan fingerprint density at radius 2 is 1.60 bits per heavy atom. The summed E-state index contributed by atoms with van der Waals surface area (Å²) < 4.78 is 13.1. The zero-order valence-corrected chi connectivity index (χ0v) is 17.7. The summed E-state index contributed by atoms with van der Waals surface area (Å²) >= 11 is 0. The molecular weight excluding hydrogens is 387 g/mol. The van der Waals surface area contributed by atoms with Gasteiger partial charge in [-0.25, -0.2) is 9.18 Å². The number of urea groups is 1. The maximum atomic E-state index is 13.1. The molecule has 0 bridgehead atoms. The number of benzene rings is 1. The predicted octanol–water partition coefficient (Wildman–Crippen LogP) is 2.38. The van der Waals surface area contributed by atoms with Crippen molar-refractivity contribution in [2.75, 3.05) is 27.2 Å². The van der Waals surface area contributed by atoms with Gasteiger partial charge in [0.25, 0.3) is 5.91 Å². The van der Waals surface area contributed by atoms with E-state index in [0.717, 1.165) is 38.5 Å². The van der Waals surface area contributed by atoms with Crippen molar-refractivity contribution in [3.8, 4) is 0 Å². The summed E-state index contributed by atoms with van der Waals surface area (Å²) in [5, 5.41) is 6.14. The predicted molar refractivity (Wildman–Crippen MR) is 111 cm³/mol. The summed E-state index contributed by atoms with van der Waals surface area (Å²) in [6, 6.07) is 5.06. The minimum atomic E-state index is -0.386. The van der Waals surface area contributed by atoms with Crippen molar-refractivity contribution >= 4 is 17.8 Å². The summed E-state index contributed by atoms with van der Waals surface area (Å²) in [7, 11) is 3.42. The number of rotatable bonds is 4. The van der Waals surface area contributed by atoms with Crippen LogP contribution in [0.2, 0.25) is 0 Å². The Morgan fingerprint density at radius 3 is 2.23 bits per heavy atom. The lowest BCUT2D eigenvalue weighted by molar-refractivity contribution is -0.127. The zero-order valence-electron chi connectivity index (χ0n) is 17.7. The van der Waals surface area contributed by atoms with Crippen LogP contribution in [0.15, 0.2) is 24.3 Å². The highest BCUT2D eigenvalue weighted by atomic mass is 19.1. The van der Waals surface area contributed by atoms with E-state index in [1.165, 1.54) is 29.2 Å². The fourth-order valence-electron chi connectivity index (χ4n) is 4.28. The largest absolute Gasteiger partial charge is 0.351 e. The fourth-order valence-corrected chi connectivity index (χ4v) is 4.28. The normalized spacial score (nSPS) is 24.1. The van der Waals surface area contributed by atoms with Crippen molar-refractivity contribution < 1.29 is 18.8 Å². The highest BCUT2D eigenvalue weighted by Crippen LogP contribution is 2.22. The standard InChI is InChI=1S/C22H31FN4O3/c1-26(2)22(30)27-13-5-6-16(14-27)21(29)25-19-8-4-3-7-18(19)24-20(28)15-9-11-17(23)12-10-15/h9-12,16,18-19H,3-8,13-14H2,1-2H3,(H,24,28)(H,25,29)/t16?,18-,19-/m1/s1. The first-order valence-corrected chi connectivity index (χ1v) is 10.7. The molecule has 0 spiro atoms. The number of nitrogens with one attached hydrogen (secondary N) is 2. The number of carbonyl (C=O) groups is 3. The maximum absolute atomic E-state index is 13.1. The van der Waals surface area contributed by atoms with Crippen molar-refractivity contribution in [2.24, 2.45) is 5.92 Å². The van der Waals surface area contributed by atoms with E-state index in [4.69, 9.17) is 0 Å². The van der Waals surface area contributed by atoms with Crippen LogP contribution >= 0.6 is 0 Å². The van der Waals surface area contributed by atoms with E-state index in [0.29, 0.717) is 18.7 Å². The summed E-state index contributed by atoms with van der Waals surface area (Å²) in [5.41, 5.74) is 0.400. The first-order chi connectivity index (χ1) is 14.3.